The highest BCUT2D eigenvalue weighted by Crippen LogP contribution is 2.22. The van der Waals surface area contributed by atoms with Gasteiger partial charge in [-0.05, 0) is 56.5 Å². The largest absolute Gasteiger partial charge is 0.313 e. The van der Waals surface area contributed by atoms with Crippen LogP contribution in [0.15, 0.2) is 34.1 Å². The van der Waals surface area contributed by atoms with Crippen LogP contribution < -0.4 is 14.8 Å². The maximum atomic E-state index is 12.2. The maximum absolute atomic E-state index is 12.2. The predicted molar refractivity (Wildman–Crippen MR) is 93.2 cm³/mol. The highest BCUT2D eigenvalue weighted by atomic mass is 35.5. The molecular weight excluding hydrogens is 374 g/mol. The lowest BCUT2D eigenvalue weighted by molar-refractivity contribution is 0.551. The first kappa shape index (κ1) is 19.6. The summed E-state index contributed by atoms with van der Waals surface area (Å²) in [4.78, 5) is 0.154. The van der Waals surface area contributed by atoms with Gasteiger partial charge in [0.15, 0.2) is 0 Å². The van der Waals surface area contributed by atoms with Gasteiger partial charge in [0.2, 0.25) is 20.0 Å². The fourth-order valence-corrected chi connectivity index (χ4v) is 4.90. The summed E-state index contributed by atoms with van der Waals surface area (Å²) in [6.45, 7) is 1.25. The van der Waals surface area contributed by atoms with E-state index < -0.39 is 20.0 Å². The Morgan fingerprint density at radius 2 is 1.54 bits per heavy atom. The smallest absolute Gasteiger partial charge is 0.240 e. The Labute approximate surface area is 149 Å². The Morgan fingerprint density at radius 1 is 0.958 bits per heavy atom. The minimum absolute atomic E-state index is 0. The molecule has 136 valence electrons. The molecule has 1 saturated carbocycles. The minimum Gasteiger partial charge on any atom is -0.313 e. The van der Waals surface area contributed by atoms with Crippen molar-refractivity contribution in [3.8, 4) is 0 Å². The Hall–Kier alpha value is -0.710. The van der Waals surface area contributed by atoms with E-state index >= 15 is 0 Å². The van der Waals surface area contributed by atoms with Crippen molar-refractivity contribution in [3.05, 3.63) is 24.3 Å². The van der Waals surface area contributed by atoms with Crippen molar-refractivity contribution in [2.45, 2.75) is 47.6 Å². The molecule has 0 amide bonds. The van der Waals surface area contributed by atoms with E-state index in [1.54, 1.807) is 0 Å². The van der Waals surface area contributed by atoms with E-state index in [1.165, 1.54) is 24.3 Å². The van der Waals surface area contributed by atoms with Gasteiger partial charge >= 0.3 is 0 Å². The molecule has 1 aromatic rings. The second-order valence-corrected chi connectivity index (χ2v) is 9.49. The van der Waals surface area contributed by atoms with Crippen LogP contribution in [0.1, 0.15) is 25.7 Å². The zero-order valence-electron chi connectivity index (χ0n) is 13.1. The Kier molecular flexibility index (Phi) is 6.27. The van der Waals surface area contributed by atoms with Gasteiger partial charge in [-0.25, -0.2) is 26.3 Å². The molecule has 1 aliphatic carbocycles. The number of sulfonamides is 2. The van der Waals surface area contributed by atoms with E-state index in [2.05, 4.69) is 14.8 Å². The second-order valence-electron chi connectivity index (χ2n) is 6.01. The zero-order chi connectivity index (χ0) is 16.5. The van der Waals surface area contributed by atoms with Crippen LogP contribution in [0, 0.1) is 0 Å². The van der Waals surface area contributed by atoms with E-state index in [0.717, 1.165) is 32.2 Å². The van der Waals surface area contributed by atoms with E-state index in [1.807, 2.05) is 0 Å². The lowest BCUT2D eigenvalue weighted by Gasteiger charge is -2.12. The molecule has 1 unspecified atom stereocenters. The number of hydrogen-bond acceptors (Lipinski definition) is 5. The molecule has 2 fully saturated rings. The average Bonchev–Trinajstić information content (AvgIpc) is 3.16. The van der Waals surface area contributed by atoms with Gasteiger partial charge in [-0.2, -0.15) is 0 Å². The van der Waals surface area contributed by atoms with Gasteiger partial charge in [-0.3, -0.25) is 0 Å². The van der Waals surface area contributed by atoms with Crippen LogP contribution in [0.4, 0.5) is 0 Å². The Morgan fingerprint density at radius 3 is 2.04 bits per heavy atom. The first-order valence-electron chi connectivity index (χ1n) is 7.72. The monoisotopic (exact) mass is 395 g/mol. The highest BCUT2D eigenvalue weighted by molar-refractivity contribution is 7.90. The average molecular weight is 396 g/mol. The van der Waals surface area contributed by atoms with Crippen molar-refractivity contribution in [1.29, 1.82) is 0 Å². The summed E-state index contributed by atoms with van der Waals surface area (Å²) in [7, 11) is -7.19. The van der Waals surface area contributed by atoms with Crippen LogP contribution in [-0.2, 0) is 20.0 Å². The van der Waals surface area contributed by atoms with Crippen molar-refractivity contribution in [2.24, 2.45) is 0 Å². The topological polar surface area (TPSA) is 104 Å². The summed E-state index contributed by atoms with van der Waals surface area (Å²) >= 11 is 0. The van der Waals surface area contributed by atoms with E-state index in [-0.39, 0.29) is 34.3 Å². The molecule has 7 nitrogen and oxygen atoms in total. The molecular formula is C14H22ClN3O4S2. The molecule has 0 bridgehead atoms. The Balaban J connectivity index is 0.00000208. The lowest BCUT2D eigenvalue weighted by atomic mass is 10.2. The van der Waals surface area contributed by atoms with Gasteiger partial charge in [-0.1, -0.05) is 0 Å². The summed E-state index contributed by atoms with van der Waals surface area (Å²) in [5.74, 6) is 0. The van der Waals surface area contributed by atoms with Gasteiger partial charge in [0.1, 0.15) is 0 Å². The normalized spacial score (nSPS) is 21.4. The molecule has 0 radical (unpaired) electrons. The quantitative estimate of drug-likeness (QED) is 0.626. The number of nitrogens with one attached hydrogen (secondary N) is 3. The molecule has 0 spiro atoms. The van der Waals surface area contributed by atoms with Crippen molar-refractivity contribution >= 4 is 32.5 Å². The second kappa shape index (κ2) is 7.67. The van der Waals surface area contributed by atoms with E-state index in [4.69, 9.17) is 0 Å². The van der Waals surface area contributed by atoms with Gasteiger partial charge in [0, 0.05) is 18.6 Å². The number of halogens is 1. The maximum Gasteiger partial charge on any atom is 0.240 e. The van der Waals surface area contributed by atoms with Crippen LogP contribution in [-0.4, -0.2) is 42.0 Å². The molecule has 1 aromatic carbocycles. The standard InChI is InChI=1S/C14H21N3O4S2.ClH/c18-22(19,16-10-12-2-1-9-15-12)13-5-7-14(8-6-13)23(20,21)17-11-3-4-11;/h5-8,11-12,15-17H,1-4,9-10H2;1H. The molecule has 1 saturated heterocycles. The third-order valence-electron chi connectivity index (χ3n) is 4.03. The predicted octanol–water partition coefficient (Wildman–Crippen LogP) is 0.579. The van der Waals surface area contributed by atoms with Crippen LogP contribution in [0.5, 0.6) is 0 Å². The third-order valence-corrected chi connectivity index (χ3v) is 7.00. The van der Waals surface area contributed by atoms with Crippen molar-refractivity contribution in [3.63, 3.8) is 0 Å². The molecule has 0 aromatic heterocycles. The number of hydrogen-bond donors (Lipinski definition) is 3. The van der Waals surface area contributed by atoms with Crippen molar-refractivity contribution in [1.82, 2.24) is 14.8 Å². The summed E-state index contributed by atoms with van der Waals surface area (Å²) in [6, 6.07) is 5.48. The van der Waals surface area contributed by atoms with Gasteiger partial charge in [-0.15, -0.1) is 12.4 Å². The van der Waals surface area contributed by atoms with Crippen LogP contribution >= 0.6 is 12.4 Å². The highest BCUT2D eigenvalue weighted by Gasteiger charge is 2.28. The summed E-state index contributed by atoms with van der Waals surface area (Å²) in [5.41, 5.74) is 0. The number of rotatable bonds is 7. The van der Waals surface area contributed by atoms with Crippen LogP contribution in [0.25, 0.3) is 0 Å². The molecule has 2 aliphatic rings. The lowest BCUT2D eigenvalue weighted by Crippen LogP contribution is -2.37. The molecule has 3 rings (SSSR count). The van der Waals surface area contributed by atoms with Crippen molar-refractivity contribution in [2.75, 3.05) is 13.1 Å². The van der Waals surface area contributed by atoms with Gasteiger partial charge in [0.05, 0.1) is 9.79 Å². The molecule has 1 heterocycles. The van der Waals surface area contributed by atoms with Gasteiger partial charge in [0.25, 0.3) is 0 Å². The van der Waals surface area contributed by atoms with Crippen LogP contribution in [0.2, 0.25) is 0 Å². The molecule has 1 aliphatic heterocycles. The fourth-order valence-electron chi connectivity index (χ4n) is 2.51. The minimum atomic E-state index is -3.63. The first-order chi connectivity index (χ1) is 10.9. The van der Waals surface area contributed by atoms with E-state index in [0.29, 0.717) is 6.54 Å². The summed E-state index contributed by atoms with van der Waals surface area (Å²) < 4.78 is 53.7. The molecule has 3 N–H and O–H groups in total. The van der Waals surface area contributed by atoms with Gasteiger partial charge < -0.3 is 5.32 Å². The Bertz CT molecular complexity index is 756. The summed E-state index contributed by atoms with van der Waals surface area (Å²) in [5, 5.41) is 3.22. The molecule has 24 heavy (non-hydrogen) atoms. The molecule has 1 atom stereocenters. The van der Waals surface area contributed by atoms with E-state index in [9.17, 15) is 16.8 Å². The first-order valence-corrected chi connectivity index (χ1v) is 10.7. The SMILES string of the molecule is Cl.O=S(=O)(NCC1CCCN1)c1ccc(S(=O)(=O)NC2CC2)cc1. The summed E-state index contributed by atoms with van der Waals surface area (Å²) in [6.07, 6.45) is 3.70. The third kappa shape index (κ3) is 4.90. The van der Waals surface area contributed by atoms with Crippen molar-refractivity contribution < 1.29 is 16.8 Å². The van der Waals surface area contributed by atoms with Crippen LogP contribution in [0.3, 0.4) is 0 Å². The fraction of sp³-hybridized carbons (Fsp3) is 0.571. The molecule has 10 heteroatoms. The zero-order valence-corrected chi connectivity index (χ0v) is 15.5. The number of benzene rings is 1.